The Morgan fingerprint density at radius 1 is 1.23 bits per heavy atom. The normalized spacial score (nSPS) is 27.0. The molecule has 0 bridgehead atoms. The molecule has 0 spiro atoms. The summed E-state index contributed by atoms with van der Waals surface area (Å²) in [4.78, 5) is 12.6. The fourth-order valence-corrected chi connectivity index (χ4v) is 3.66. The molecule has 1 heterocycles. The first-order valence-electron chi connectivity index (χ1n) is 8.25. The van der Waals surface area contributed by atoms with Gasteiger partial charge >= 0.3 is 0 Å². The summed E-state index contributed by atoms with van der Waals surface area (Å²) in [5.74, 6) is 3.19. The molecule has 0 aromatic heterocycles. The van der Waals surface area contributed by atoms with Gasteiger partial charge in [0.25, 0.3) is 5.91 Å². The second kappa shape index (κ2) is 6.19. The number of carbonyl (C=O) groups excluding carboxylic acids is 1. The van der Waals surface area contributed by atoms with Crippen LogP contribution >= 0.6 is 0 Å². The molecular formula is C18H25NO3. The van der Waals surface area contributed by atoms with Crippen molar-refractivity contribution in [3.8, 4) is 11.5 Å². The van der Waals surface area contributed by atoms with Crippen LogP contribution in [-0.2, 0) is 0 Å². The predicted molar refractivity (Wildman–Crippen MR) is 85.2 cm³/mol. The molecule has 0 unspecified atom stereocenters. The van der Waals surface area contributed by atoms with Crippen LogP contribution in [-0.4, -0.2) is 18.7 Å². The Labute approximate surface area is 132 Å². The number of ether oxygens (including phenoxy) is 2. The fourth-order valence-electron chi connectivity index (χ4n) is 3.66. The molecule has 1 aliphatic heterocycles. The largest absolute Gasteiger partial charge is 0.454 e. The van der Waals surface area contributed by atoms with Crippen LogP contribution in [0, 0.1) is 17.8 Å². The van der Waals surface area contributed by atoms with Crippen molar-refractivity contribution < 1.29 is 14.3 Å². The van der Waals surface area contributed by atoms with E-state index in [2.05, 4.69) is 26.1 Å². The smallest absolute Gasteiger partial charge is 0.251 e. The molecule has 1 aromatic carbocycles. The molecule has 2 aliphatic rings. The van der Waals surface area contributed by atoms with Gasteiger partial charge in [0.15, 0.2) is 11.5 Å². The highest BCUT2D eigenvalue weighted by Gasteiger charge is 2.32. The van der Waals surface area contributed by atoms with Crippen molar-refractivity contribution in [3.63, 3.8) is 0 Å². The highest BCUT2D eigenvalue weighted by Crippen LogP contribution is 2.35. The Bertz CT molecular complexity index is 555. The third kappa shape index (κ3) is 3.06. The SMILES string of the molecule is CC(C)[C@H]1CC[C@H](C)C[C@H]1NC(=O)c1ccc2c(c1)OCO2. The number of amides is 1. The molecule has 22 heavy (non-hydrogen) atoms. The van der Waals surface area contributed by atoms with Crippen molar-refractivity contribution in [3.05, 3.63) is 23.8 Å². The van der Waals surface area contributed by atoms with Crippen LogP contribution in [0.4, 0.5) is 0 Å². The molecule has 120 valence electrons. The molecular weight excluding hydrogens is 278 g/mol. The molecule has 3 atom stereocenters. The first kappa shape index (κ1) is 15.2. The van der Waals surface area contributed by atoms with Gasteiger partial charge in [0.05, 0.1) is 0 Å². The van der Waals surface area contributed by atoms with E-state index in [1.54, 1.807) is 18.2 Å². The van der Waals surface area contributed by atoms with Gasteiger partial charge in [-0.3, -0.25) is 4.79 Å². The predicted octanol–water partition coefficient (Wildman–Crippen LogP) is 3.61. The zero-order valence-corrected chi connectivity index (χ0v) is 13.6. The van der Waals surface area contributed by atoms with Gasteiger partial charge in [-0.2, -0.15) is 0 Å². The quantitative estimate of drug-likeness (QED) is 0.928. The van der Waals surface area contributed by atoms with Gasteiger partial charge in [-0.15, -0.1) is 0 Å². The third-order valence-electron chi connectivity index (χ3n) is 4.97. The number of hydrogen-bond acceptors (Lipinski definition) is 3. The molecule has 4 nitrogen and oxygen atoms in total. The van der Waals surface area contributed by atoms with Crippen molar-refractivity contribution in [2.24, 2.45) is 17.8 Å². The summed E-state index contributed by atoms with van der Waals surface area (Å²) >= 11 is 0. The minimum absolute atomic E-state index is 0.0111. The topological polar surface area (TPSA) is 47.6 Å². The van der Waals surface area contributed by atoms with Crippen molar-refractivity contribution in [1.82, 2.24) is 5.32 Å². The summed E-state index contributed by atoms with van der Waals surface area (Å²) in [6, 6.07) is 5.65. The zero-order valence-electron chi connectivity index (χ0n) is 13.6. The highest BCUT2D eigenvalue weighted by molar-refractivity contribution is 5.95. The number of nitrogens with one attached hydrogen (secondary N) is 1. The second-order valence-electron chi connectivity index (χ2n) is 6.97. The number of hydrogen-bond donors (Lipinski definition) is 1. The van der Waals surface area contributed by atoms with Crippen molar-refractivity contribution in [1.29, 1.82) is 0 Å². The molecule has 1 fully saturated rings. The maximum atomic E-state index is 12.6. The lowest BCUT2D eigenvalue weighted by molar-refractivity contribution is 0.0867. The number of benzene rings is 1. The van der Waals surface area contributed by atoms with Crippen LogP contribution in [0.1, 0.15) is 50.4 Å². The summed E-state index contributed by atoms with van der Waals surface area (Å²) in [5.41, 5.74) is 0.644. The lowest BCUT2D eigenvalue weighted by atomic mass is 9.74. The number of carbonyl (C=O) groups is 1. The molecule has 1 aliphatic carbocycles. The van der Waals surface area contributed by atoms with Gasteiger partial charge in [0.1, 0.15) is 0 Å². The van der Waals surface area contributed by atoms with E-state index in [-0.39, 0.29) is 18.7 Å². The van der Waals surface area contributed by atoms with Crippen LogP contribution in [0.5, 0.6) is 11.5 Å². The standard InChI is InChI=1S/C18H25NO3/c1-11(2)14-6-4-12(3)8-15(14)19-18(20)13-5-7-16-17(9-13)22-10-21-16/h5,7,9,11-12,14-15H,4,6,8,10H2,1-3H3,(H,19,20)/t12-,14+,15+/m0/s1. The monoisotopic (exact) mass is 303 g/mol. The second-order valence-corrected chi connectivity index (χ2v) is 6.97. The van der Waals surface area contributed by atoms with E-state index >= 15 is 0 Å². The van der Waals surface area contributed by atoms with Crippen LogP contribution in [0.2, 0.25) is 0 Å². The molecule has 3 rings (SSSR count). The molecule has 0 saturated heterocycles. The van der Waals surface area contributed by atoms with Gasteiger partial charge in [-0.25, -0.2) is 0 Å². The van der Waals surface area contributed by atoms with Crippen LogP contribution in [0.15, 0.2) is 18.2 Å². The van der Waals surface area contributed by atoms with Gasteiger partial charge < -0.3 is 14.8 Å². The van der Waals surface area contributed by atoms with E-state index in [9.17, 15) is 4.79 Å². The van der Waals surface area contributed by atoms with E-state index in [1.807, 2.05) is 0 Å². The van der Waals surface area contributed by atoms with Crippen molar-refractivity contribution in [2.75, 3.05) is 6.79 Å². The lowest BCUT2D eigenvalue weighted by Gasteiger charge is -2.37. The van der Waals surface area contributed by atoms with Gasteiger partial charge in [-0.1, -0.05) is 27.2 Å². The molecule has 1 amide bonds. The van der Waals surface area contributed by atoms with Crippen LogP contribution < -0.4 is 14.8 Å². The Morgan fingerprint density at radius 3 is 2.77 bits per heavy atom. The lowest BCUT2D eigenvalue weighted by Crippen LogP contribution is -2.45. The average molecular weight is 303 g/mol. The first-order valence-corrected chi connectivity index (χ1v) is 8.25. The molecule has 0 radical (unpaired) electrons. The number of fused-ring (bicyclic) bond motifs is 1. The maximum absolute atomic E-state index is 12.6. The summed E-state index contributed by atoms with van der Waals surface area (Å²) in [6.07, 6.45) is 3.53. The summed E-state index contributed by atoms with van der Waals surface area (Å²) in [7, 11) is 0. The highest BCUT2D eigenvalue weighted by atomic mass is 16.7. The summed E-state index contributed by atoms with van der Waals surface area (Å²) in [6.45, 7) is 7.01. The van der Waals surface area contributed by atoms with Gasteiger partial charge in [-0.05, 0) is 48.8 Å². The van der Waals surface area contributed by atoms with E-state index in [0.717, 1.165) is 6.42 Å². The molecule has 1 N–H and O–H groups in total. The molecule has 1 aromatic rings. The maximum Gasteiger partial charge on any atom is 0.251 e. The van der Waals surface area contributed by atoms with Crippen molar-refractivity contribution in [2.45, 2.75) is 46.1 Å². The Kier molecular flexibility index (Phi) is 4.27. The van der Waals surface area contributed by atoms with E-state index in [4.69, 9.17) is 9.47 Å². The fraction of sp³-hybridized carbons (Fsp3) is 0.611. The summed E-state index contributed by atoms with van der Waals surface area (Å²) < 4.78 is 10.6. The number of rotatable bonds is 3. The minimum atomic E-state index is -0.0111. The minimum Gasteiger partial charge on any atom is -0.454 e. The Morgan fingerprint density at radius 2 is 2.00 bits per heavy atom. The van der Waals surface area contributed by atoms with Gasteiger partial charge in [0.2, 0.25) is 6.79 Å². The van der Waals surface area contributed by atoms with Gasteiger partial charge in [0, 0.05) is 11.6 Å². The van der Waals surface area contributed by atoms with E-state index < -0.39 is 0 Å². The molecule has 4 heteroatoms. The van der Waals surface area contributed by atoms with Crippen molar-refractivity contribution >= 4 is 5.91 Å². The first-order chi connectivity index (χ1) is 10.5. The van der Waals surface area contributed by atoms with E-state index in [1.165, 1.54) is 12.8 Å². The van der Waals surface area contributed by atoms with Crippen LogP contribution in [0.25, 0.3) is 0 Å². The van der Waals surface area contributed by atoms with E-state index in [0.29, 0.717) is 34.8 Å². The zero-order chi connectivity index (χ0) is 15.7. The molecule has 1 saturated carbocycles. The Hall–Kier alpha value is -1.71. The summed E-state index contributed by atoms with van der Waals surface area (Å²) in [5, 5.41) is 3.25. The Balaban J connectivity index is 1.72. The third-order valence-corrected chi connectivity index (χ3v) is 4.97. The average Bonchev–Trinajstić information content (AvgIpc) is 2.94. The van der Waals surface area contributed by atoms with Crippen LogP contribution in [0.3, 0.4) is 0 Å².